The molecule has 0 saturated carbocycles. The van der Waals surface area contributed by atoms with Crippen molar-refractivity contribution in [2.24, 2.45) is 0 Å². The average molecular weight is 282 g/mol. The molecular formula is C10H27O3PSi2. The minimum absolute atomic E-state index is 0.269. The molecule has 0 fully saturated rings. The smallest absolute Gasteiger partial charge is 0.324 e. The van der Waals surface area contributed by atoms with E-state index < -0.39 is 29.4 Å². The van der Waals surface area contributed by atoms with E-state index in [9.17, 15) is 14.4 Å². The Hall–Kier alpha value is 0.584. The van der Waals surface area contributed by atoms with E-state index in [1.165, 1.54) is 0 Å². The van der Waals surface area contributed by atoms with Crippen molar-refractivity contribution < 1.29 is 14.4 Å². The fourth-order valence-electron chi connectivity index (χ4n) is 3.12. The molecule has 0 aromatic carbocycles. The molecule has 0 heterocycles. The van der Waals surface area contributed by atoms with Crippen molar-refractivity contribution in [3.8, 4) is 0 Å². The molecule has 0 aliphatic rings. The molecule has 6 heteroatoms. The van der Waals surface area contributed by atoms with Crippen molar-refractivity contribution >= 4 is 23.7 Å². The van der Waals surface area contributed by atoms with Crippen LogP contribution in [0.5, 0.6) is 0 Å². The standard InChI is InChI=1S/C10H27O3PSi2/c1-8-9(14(11,12)13)10(15(2,3)4)16(5,6)7/h9-10H,8H2,1-7H3,(H2,11,12,13). The zero-order valence-electron chi connectivity index (χ0n) is 11.6. The molecule has 0 bridgehead atoms. The van der Waals surface area contributed by atoms with Crippen molar-refractivity contribution in [3.05, 3.63) is 0 Å². The van der Waals surface area contributed by atoms with Gasteiger partial charge in [0, 0.05) is 16.1 Å². The molecule has 0 aliphatic carbocycles. The zero-order valence-corrected chi connectivity index (χ0v) is 14.5. The minimum atomic E-state index is -3.96. The average Bonchev–Trinajstić information content (AvgIpc) is 1.91. The van der Waals surface area contributed by atoms with Crippen LogP contribution in [0.2, 0.25) is 44.4 Å². The van der Waals surface area contributed by atoms with Crippen molar-refractivity contribution in [2.45, 2.75) is 63.5 Å². The largest absolute Gasteiger partial charge is 0.328 e. The van der Waals surface area contributed by atoms with Gasteiger partial charge in [0.1, 0.15) is 0 Å². The molecule has 0 radical (unpaired) electrons. The Bertz CT molecular complexity index is 261. The Kier molecular flexibility index (Phi) is 5.25. The van der Waals surface area contributed by atoms with Crippen molar-refractivity contribution in [3.63, 3.8) is 0 Å². The second kappa shape index (κ2) is 5.06. The zero-order chi connectivity index (χ0) is 13.4. The third-order valence-electron chi connectivity index (χ3n) is 3.10. The van der Waals surface area contributed by atoms with Gasteiger partial charge in [0.2, 0.25) is 0 Å². The fourth-order valence-corrected chi connectivity index (χ4v) is 21.0. The first-order valence-corrected chi connectivity index (χ1v) is 14.7. The van der Waals surface area contributed by atoms with Crippen LogP contribution < -0.4 is 0 Å². The van der Waals surface area contributed by atoms with Crippen LogP contribution >= 0.6 is 7.60 Å². The van der Waals surface area contributed by atoms with Crippen molar-refractivity contribution in [2.75, 3.05) is 0 Å². The third-order valence-corrected chi connectivity index (χ3v) is 14.9. The highest BCUT2D eigenvalue weighted by Gasteiger charge is 2.48. The normalized spacial score (nSPS) is 16.6. The first-order chi connectivity index (χ1) is 6.81. The van der Waals surface area contributed by atoms with Gasteiger partial charge in [-0.2, -0.15) is 0 Å². The van der Waals surface area contributed by atoms with E-state index in [1.54, 1.807) is 0 Å². The summed E-state index contributed by atoms with van der Waals surface area (Å²) in [6.07, 6.45) is 0.587. The van der Waals surface area contributed by atoms with E-state index in [2.05, 4.69) is 39.3 Å². The monoisotopic (exact) mass is 282 g/mol. The maximum absolute atomic E-state index is 11.6. The molecule has 0 amide bonds. The molecule has 3 nitrogen and oxygen atoms in total. The van der Waals surface area contributed by atoms with Gasteiger partial charge >= 0.3 is 7.60 Å². The molecule has 0 aromatic heterocycles. The molecule has 98 valence electrons. The van der Waals surface area contributed by atoms with Gasteiger partial charge in [0.25, 0.3) is 0 Å². The van der Waals surface area contributed by atoms with Crippen LogP contribution in [0.25, 0.3) is 0 Å². The maximum Gasteiger partial charge on any atom is 0.328 e. The first kappa shape index (κ1) is 16.6. The lowest BCUT2D eigenvalue weighted by Gasteiger charge is -2.43. The highest BCUT2D eigenvalue weighted by Crippen LogP contribution is 2.54. The summed E-state index contributed by atoms with van der Waals surface area (Å²) in [5.74, 6) is 0. The van der Waals surface area contributed by atoms with Gasteiger partial charge in [0.05, 0.1) is 5.66 Å². The lowest BCUT2D eigenvalue weighted by Crippen LogP contribution is -2.49. The first-order valence-electron chi connectivity index (χ1n) is 5.87. The van der Waals surface area contributed by atoms with Gasteiger partial charge in [-0.3, -0.25) is 4.57 Å². The van der Waals surface area contributed by atoms with Crippen LogP contribution in [0, 0.1) is 0 Å². The van der Waals surface area contributed by atoms with Gasteiger partial charge in [-0.1, -0.05) is 46.2 Å². The van der Waals surface area contributed by atoms with Gasteiger partial charge < -0.3 is 9.79 Å². The van der Waals surface area contributed by atoms with Crippen LogP contribution in [-0.2, 0) is 4.57 Å². The molecule has 0 aromatic rings. The SMILES string of the molecule is CCC(C([Si](C)(C)C)[Si](C)(C)C)P(=O)(O)O. The van der Waals surface area contributed by atoms with Crippen LogP contribution in [-0.4, -0.2) is 31.6 Å². The topological polar surface area (TPSA) is 57.5 Å². The fraction of sp³-hybridized carbons (Fsp3) is 1.00. The summed E-state index contributed by atoms with van der Waals surface area (Å²) < 4.78 is 11.6. The van der Waals surface area contributed by atoms with Crippen LogP contribution in [0.3, 0.4) is 0 Å². The summed E-state index contributed by atoms with van der Waals surface area (Å²) >= 11 is 0. The van der Waals surface area contributed by atoms with E-state index in [-0.39, 0.29) is 5.16 Å². The lowest BCUT2D eigenvalue weighted by atomic mass is 10.4. The Balaban J connectivity index is 5.44. The number of rotatable bonds is 5. The van der Waals surface area contributed by atoms with E-state index in [0.717, 1.165) is 0 Å². The quantitative estimate of drug-likeness (QED) is 0.599. The lowest BCUT2D eigenvalue weighted by molar-refractivity contribution is 0.356. The van der Waals surface area contributed by atoms with E-state index in [0.29, 0.717) is 6.42 Å². The Morgan fingerprint density at radius 3 is 1.38 bits per heavy atom. The van der Waals surface area contributed by atoms with Crippen LogP contribution in [0.4, 0.5) is 0 Å². The Labute approximate surface area is 102 Å². The molecule has 0 rings (SSSR count). The summed E-state index contributed by atoms with van der Waals surface area (Å²) in [7, 11) is -7.05. The molecule has 16 heavy (non-hydrogen) atoms. The molecule has 0 saturated heterocycles. The summed E-state index contributed by atoms with van der Waals surface area (Å²) in [5, 5.41) is 0.269. The number of hydrogen-bond acceptors (Lipinski definition) is 1. The predicted molar refractivity (Wildman–Crippen MR) is 76.6 cm³/mol. The van der Waals surface area contributed by atoms with Crippen molar-refractivity contribution in [1.82, 2.24) is 0 Å². The Morgan fingerprint density at radius 2 is 1.31 bits per heavy atom. The molecule has 2 N–H and O–H groups in total. The second-order valence-electron chi connectivity index (χ2n) is 6.77. The van der Waals surface area contributed by atoms with E-state index in [1.807, 2.05) is 6.92 Å². The highest BCUT2D eigenvalue weighted by atomic mass is 31.2. The van der Waals surface area contributed by atoms with Gasteiger partial charge in [-0.15, -0.1) is 0 Å². The van der Waals surface area contributed by atoms with E-state index >= 15 is 0 Å². The summed E-state index contributed by atoms with van der Waals surface area (Å²) in [6.45, 7) is 15.3. The summed E-state index contributed by atoms with van der Waals surface area (Å²) in [4.78, 5) is 19.1. The van der Waals surface area contributed by atoms with Crippen molar-refractivity contribution in [1.29, 1.82) is 0 Å². The van der Waals surface area contributed by atoms with Gasteiger partial charge in [0.15, 0.2) is 0 Å². The molecule has 1 unspecified atom stereocenters. The maximum atomic E-state index is 11.6. The molecule has 1 atom stereocenters. The number of hydrogen-bond donors (Lipinski definition) is 2. The summed E-state index contributed by atoms with van der Waals surface area (Å²) in [6, 6.07) is 0. The van der Waals surface area contributed by atoms with E-state index in [4.69, 9.17) is 0 Å². The molecular weight excluding hydrogens is 255 g/mol. The third kappa shape index (κ3) is 4.45. The van der Waals surface area contributed by atoms with Crippen LogP contribution in [0.1, 0.15) is 13.3 Å². The molecule has 0 aliphatic heterocycles. The van der Waals surface area contributed by atoms with Gasteiger partial charge in [-0.25, -0.2) is 0 Å². The molecule has 0 spiro atoms. The minimum Gasteiger partial charge on any atom is -0.324 e. The summed E-state index contributed by atoms with van der Waals surface area (Å²) in [5.41, 5.74) is -0.425. The Morgan fingerprint density at radius 1 is 1.00 bits per heavy atom. The van der Waals surface area contributed by atoms with Gasteiger partial charge in [-0.05, 0) is 11.6 Å². The predicted octanol–water partition coefficient (Wildman–Crippen LogP) is 3.53. The highest BCUT2D eigenvalue weighted by molar-refractivity contribution is 7.53. The second-order valence-corrected chi connectivity index (χ2v) is 19.9. The van der Waals surface area contributed by atoms with Crippen LogP contribution in [0.15, 0.2) is 0 Å².